The second-order valence-electron chi connectivity index (χ2n) is 7.31. The summed E-state index contributed by atoms with van der Waals surface area (Å²) in [6, 6.07) is 6.66. The van der Waals surface area contributed by atoms with Gasteiger partial charge in [0.2, 0.25) is 5.91 Å². The van der Waals surface area contributed by atoms with Crippen molar-refractivity contribution in [1.82, 2.24) is 15.0 Å². The van der Waals surface area contributed by atoms with Gasteiger partial charge in [0.25, 0.3) is 10.0 Å². The molecule has 1 saturated heterocycles. The highest BCUT2D eigenvalue weighted by molar-refractivity contribution is 7.89. The number of rotatable bonds is 6. The molecule has 0 spiro atoms. The number of hydrogen-bond acceptors (Lipinski definition) is 6. The van der Waals surface area contributed by atoms with Crippen molar-refractivity contribution in [3.8, 4) is 0 Å². The van der Waals surface area contributed by atoms with Crippen molar-refractivity contribution in [1.29, 1.82) is 0 Å². The molecule has 0 aromatic heterocycles. The molecule has 9 heteroatoms. The lowest BCUT2D eigenvalue weighted by atomic mass is 9.90. The molecule has 3 rings (SSSR count). The number of aryl methyl sites for hydroxylation is 1. The minimum absolute atomic E-state index is 0.0675. The first-order valence-electron chi connectivity index (χ1n) is 9.69. The Kier molecular flexibility index (Phi) is 6.81. The Bertz CT molecular complexity index is 929. The summed E-state index contributed by atoms with van der Waals surface area (Å²) in [5.74, 6) is 0.112. The number of hydrazone groups is 1. The minimum atomic E-state index is -3.74. The van der Waals surface area contributed by atoms with Crippen LogP contribution in [0.25, 0.3) is 0 Å². The Balaban J connectivity index is 1.77. The largest absolute Gasteiger partial charge is 0.317 e. The van der Waals surface area contributed by atoms with Crippen LogP contribution in [0.5, 0.6) is 0 Å². The van der Waals surface area contributed by atoms with Crippen molar-refractivity contribution in [2.75, 3.05) is 19.8 Å². The van der Waals surface area contributed by atoms with E-state index < -0.39 is 10.0 Å². The summed E-state index contributed by atoms with van der Waals surface area (Å²) in [5.41, 5.74) is 2.54. The van der Waals surface area contributed by atoms with E-state index in [2.05, 4.69) is 20.2 Å². The van der Waals surface area contributed by atoms with E-state index >= 15 is 0 Å². The molecular weight excluding hydrogens is 390 g/mol. The van der Waals surface area contributed by atoms with Crippen LogP contribution >= 0.6 is 0 Å². The topological polar surface area (TPSA) is 103 Å². The van der Waals surface area contributed by atoms with Crippen molar-refractivity contribution >= 4 is 27.4 Å². The van der Waals surface area contributed by atoms with Gasteiger partial charge in [-0.3, -0.25) is 14.7 Å². The van der Waals surface area contributed by atoms with Crippen LogP contribution < -0.4 is 10.1 Å². The van der Waals surface area contributed by atoms with E-state index in [0.29, 0.717) is 6.42 Å². The molecule has 0 atom stereocenters. The first kappa shape index (κ1) is 21.2. The molecule has 2 N–H and O–H groups in total. The number of carbonyl (C=O) groups excluding carboxylic acids is 1. The monoisotopic (exact) mass is 417 g/mol. The van der Waals surface area contributed by atoms with Gasteiger partial charge in [-0.25, -0.2) is 4.83 Å². The molecule has 1 fully saturated rings. The van der Waals surface area contributed by atoms with Gasteiger partial charge in [-0.1, -0.05) is 17.7 Å². The van der Waals surface area contributed by atoms with Crippen LogP contribution in [0.4, 0.5) is 0 Å². The summed E-state index contributed by atoms with van der Waals surface area (Å²) >= 11 is 0. The van der Waals surface area contributed by atoms with Gasteiger partial charge >= 0.3 is 0 Å². The van der Waals surface area contributed by atoms with Crippen molar-refractivity contribution in [3.05, 3.63) is 42.1 Å². The molecule has 2 aliphatic rings. The molecule has 2 heterocycles. The van der Waals surface area contributed by atoms with Crippen LogP contribution in [0.2, 0.25) is 0 Å². The summed E-state index contributed by atoms with van der Waals surface area (Å²) in [4.78, 5) is 20.0. The van der Waals surface area contributed by atoms with Crippen LogP contribution in [-0.4, -0.2) is 50.4 Å². The summed E-state index contributed by atoms with van der Waals surface area (Å²) in [6.45, 7) is 5.41. The third kappa shape index (κ3) is 5.74. The van der Waals surface area contributed by atoms with Gasteiger partial charge < -0.3 is 5.32 Å². The van der Waals surface area contributed by atoms with Crippen LogP contribution in [0.3, 0.4) is 0 Å². The number of nitrogens with one attached hydrogen (secondary N) is 2. The molecule has 1 amide bonds. The molecule has 8 nitrogen and oxygen atoms in total. The van der Waals surface area contributed by atoms with Gasteiger partial charge in [0.15, 0.2) is 0 Å². The van der Waals surface area contributed by atoms with E-state index in [1.165, 1.54) is 11.8 Å². The maximum absolute atomic E-state index is 12.6. The van der Waals surface area contributed by atoms with Gasteiger partial charge in [0, 0.05) is 36.9 Å². The van der Waals surface area contributed by atoms with Crippen molar-refractivity contribution in [2.45, 2.75) is 38.0 Å². The van der Waals surface area contributed by atoms with Crippen molar-refractivity contribution < 1.29 is 13.2 Å². The number of amides is 1. The number of benzene rings is 1. The summed E-state index contributed by atoms with van der Waals surface area (Å²) < 4.78 is 25.2. The molecule has 0 radical (unpaired) electrons. The van der Waals surface area contributed by atoms with Gasteiger partial charge in [0.05, 0.1) is 4.90 Å². The number of allylic oxidation sites excluding steroid dienone is 1. The maximum Gasteiger partial charge on any atom is 0.276 e. The molecule has 1 aromatic carbocycles. The third-order valence-electron chi connectivity index (χ3n) is 5.09. The molecule has 0 unspecified atom stereocenters. The molecule has 0 bridgehead atoms. The lowest BCUT2D eigenvalue weighted by Crippen LogP contribution is -2.34. The normalized spacial score (nSPS) is 18.5. The zero-order valence-electron chi connectivity index (χ0n) is 16.8. The fourth-order valence-corrected chi connectivity index (χ4v) is 4.10. The lowest BCUT2D eigenvalue weighted by Gasteiger charge is -2.25. The van der Waals surface area contributed by atoms with Gasteiger partial charge in [0.1, 0.15) is 6.67 Å². The van der Waals surface area contributed by atoms with Crippen molar-refractivity contribution in [2.24, 2.45) is 16.0 Å². The zero-order chi connectivity index (χ0) is 20.9. The Hall–Kier alpha value is -2.52. The molecule has 156 valence electrons. The van der Waals surface area contributed by atoms with Gasteiger partial charge in [-0.2, -0.15) is 13.5 Å². The second-order valence-corrected chi connectivity index (χ2v) is 8.97. The summed E-state index contributed by atoms with van der Waals surface area (Å²) in [7, 11) is -3.74. The predicted octanol–water partition coefficient (Wildman–Crippen LogP) is 1.79. The number of aliphatic imine (C=N–C) groups is 1. The van der Waals surface area contributed by atoms with Crippen LogP contribution in [0.15, 0.2) is 51.5 Å². The Labute approximate surface area is 171 Å². The SMILES string of the molecule is CC(=O)N1C=CC(CC(=NNS(=O)(=O)c2ccc(C)cc2)C2CCNCC2)=NC1. The molecule has 2 aliphatic heterocycles. The van der Waals surface area contributed by atoms with E-state index in [1.807, 2.05) is 6.92 Å². The van der Waals surface area contributed by atoms with Crippen LogP contribution in [0.1, 0.15) is 31.7 Å². The van der Waals surface area contributed by atoms with E-state index in [0.717, 1.165) is 42.9 Å². The quantitative estimate of drug-likeness (QED) is 0.544. The predicted molar refractivity (Wildman–Crippen MR) is 113 cm³/mol. The van der Waals surface area contributed by atoms with Crippen LogP contribution in [0, 0.1) is 12.8 Å². The highest BCUT2D eigenvalue weighted by Crippen LogP contribution is 2.18. The summed E-state index contributed by atoms with van der Waals surface area (Å²) in [6.07, 6.45) is 5.73. The molecule has 1 aromatic rings. The molecular formula is C20H27N5O3S. The number of hydrogen-bond donors (Lipinski definition) is 2. The number of piperidine rings is 1. The van der Waals surface area contributed by atoms with E-state index in [-0.39, 0.29) is 23.4 Å². The van der Waals surface area contributed by atoms with Crippen LogP contribution in [-0.2, 0) is 14.8 Å². The Morgan fingerprint density at radius 1 is 1.28 bits per heavy atom. The second kappa shape index (κ2) is 9.32. The number of sulfonamides is 1. The number of carbonyl (C=O) groups is 1. The third-order valence-corrected chi connectivity index (χ3v) is 6.32. The zero-order valence-corrected chi connectivity index (χ0v) is 17.6. The van der Waals surface area contributed by atoms with E-state index in [9.17, 15) is 13.2 Å². The average Bonchev–Trinajstić information content (AvgIpc) is 2.72. The fraction of sp³-hybridized carbons (Fsp3) is 0.450. The molecule has 0 saturated carbocycles. The number of nitrogens with zero attached hydrogens (tertiary/aromatic N) is 3. The smallest absolute Gasteiger partial charge is 0.276 e. The highest BCUT2D eigenvalue weighted by atomic mass is 32.2. The first-order valence-corrected chi connectivity index (χ1v) is 11.2. The van der Waals surface area contributed by atoms with E-state index in [4.69, 9.17) is 0 Å². The Morgan fingerprint density at radius 2 is 1.97 bits per heavy atom. The fourth-order valence-electron chi connectivity index (χ4n) is 3.27. The first-order chi connectivity index (χ1) is 13.8. The van der Waals surface area contributed by atoms with Gasteiger partial charge in [-0.05, 0) is 51.1 Å². The van der Waals surface area contributed by atoms with E-state index in [1.54, 1.807) is 36.5 Å². The Morgan fingerprint density at radius 3 is 2.55 bits per heavy atom. The maximum atomic E-state index is 12.6. The highest BCUT2D eigenvalue weighted by Gasteiger charge is 2.22. The average molecular weight is 418 g/mol. The molecule has 0 aliphatic carbocycles. The minimum Gasteiger partial charge on any atom is -0.317 e. The van der Waals surface area contributed by atoms with Crippen molar-refractivity contribution in [3.63, 3.8) is 0 Å². The molecule has 29 heavy (non-hydrogen) atoms. The standard InChI is InChI=1S/C20H27N5O3S/c1-15-3-5-19(6-4-15)29(27,28)24-23-20(17-7-10-21-11-8-17)13-18-9-12-25(14-22-18)16(2)26/h3-6,9,12,17,21,24H,7-8,10-11,13-14H2,1-2H3. The van der Waals surface area contributed by atoms with Gasteiger partial charge in [-0.15, -0.1) is 0 Å². The summed E-state index contributed by atoms with van der Waals surface area (Å²) in [5, 5.41) is 7.63. The lowest BCUT2D eigenvalue weighted by molar-refractivity contribution is -0.126.